The molecular formula is C11H7BrClN3. The summed E-state index contributed by atoms with van der Waals surface area (Å²) in [6, 6.07) is 7.09. The third-order valence-corrected chi connectivity index (χ3v) is 3.41. The van der Waals surface area contributed by atoms with Crippen LogP contribution in [-0.2, 0) is 0 Å². The Labute approximate surface area is 107 Å². The summed E-state index contributed by atoms with van der Waals surface area (Å²) in [6.07, 6.45) is 1.35. The normalized spacial score (nSPS) is 8.81. The van der Waals surface area contributed by atoms with Crippen molar-refractivity contribution in [2.45, 2.75) is 6.92 Å². The monoisotopic (exact) mass is 295 g/mol. The summed E-state index contributed by atoms with van der Waals surface area (Å²) < 4.78 is 0.837. The van der Waals surface area contributed by atoms with Crippen LogP contribution in [-0.4, -0.2) is 0 Å². The van der Waals surface area contributed by atoms with Crippen molar-refractivity contribution < 1.29 is 0 Å². The standard InChI is InChI=1S/C11H7BrClN3/c1-7-2-9(3-10(13)11(7)12)16-6-8(4-14)5-15/h2-3,6,16H,1H3. The van der Waals surface area contributed by atoms with Crippen molar-refractivity contribution in [2.75, 3.05) is 5.32 Å². The molecular weight excluding hydrogens is 289 g/mol. The van der Waals surface area contributed by atoms with Gasteiger partial charge in [-0.15, -0.1) is 0 Å². The van der Waals surface area contributed by atoms with Crippen molar-refractivity contribution in [3.63, 3.8) is 0 Å². The van der Waals surface area contributed by atoms with E-state index in [1.807, 2.05) is 13.0 Å². The Morgan fingerprint density at radius 2 is 2.06 bits per heavy atom. The number of hydrogen-bond donors (Lipinski definition) is 1. The number of nitrogens with zero attached hydrogens (tertiary/aromatic N) is 2. The minimum Gasteiger partial charge on any atom is -0.360 e. The lowest BCUT2D eigenvalue weighted by Crippen LogP contribution is -1.91. The van der Waals surface area contributed by atoms with Crippen LogP contribution in [0.25, 0.3) is 0 Å². The summed E-state index contributed by atoms with van der Waals surface area (Å²) in [5, 5.41) is 20.5. The predicted octanol–water partition coefficient (Wildman–Crippen LogP) is 3.75. The summed E-state index contributed by atoms with van der Waals surface area (Å²) in [5.41, 5.74) is 1.71. The SMILES string of the molecule is Cc1cc(NC=C(C#N)C#N)cc(Cl)c1Br. The molecule has 1 rings (SSSR count). The highest BCUT2D eigenvalue weighted by molar-refractivity contribution is 9.10. The maximum absolute atomic E-state index is 8.54. The van der Waals surface area contributed by atoms with E-state index in [4.69, 9.17) is 22.1 Å². The minimum absolute atomic E-state index is 0.0108. The molecule has 0 radical (unpaired) electrons. The second-order valence-corrected chi connectivity index (χ2v) is 4.22. The molecule has 0 saturated carbocycles. The highest BCUT2D eigenvalue weighted by atomic mass is 79.9. The molecule has 1 N–H and O–H groups in total. The van der Waals surface area contributed by atoms with Crippen LogP contribution in [0.3, 0.4) is 0 Å². The van der Waals surface area contributed by atoms with Crippen molar-refractivity contribution in [1.29, 1.82) is 10.5 Å². The molecule has 3 nitrogen and oxygen atoms in total. The van der Waals surface area contributed by atoms with Gasteiger partial charge in [-0.3, -0.25) is 0 Å². The first-order valence-electron chi connectivity index (χ1n) is 4.31. The lowest BCUT2D eigenvalue weighted by Gasteiger charge is -2.06. The van der Waals surface area contributed by atoms with Crippen molar-refractivity contribution in [3.05, 3.63) is 39.0 Å². The minimum atomic E-state index is 0.0108. The van der Waals surface area contributed by atoms with Crippen LogP contribution in [0.5, 0.6) is 0 Å². The van der Waals surface area contributed by atoms with E-state index in [0.29, 0.717) is 5.02 Å². The highest BCUT2D eigenvalue weighted by Gasteiger charge is 2.03. The number of rotatable bonds is 2. The number of anilines is 1. The predicted molar refractivity (Wildman–Crippen MR) is 66.8 cm³/mol. The van der Waals surface area contributed by atoms with Crippen LogP contribution in [0.15, 0.2) is 28.4 Å². The summed E-state index contributed by atoms with van der Waals surface area (Å²) in [5.74, 6) is 0. The Kier molecular flexibility index (Phi) is 4.37. The summed E-state index contributed by atoms with van der Waals surface area (Å²) in [6.45, 7) is 1.90. The Bertz CT molecular complexity index is 484. The van der Waals surface area contributed by atoms with Crippen molar-refractivity contribution in [2.24, 2.45) is 0 Å². The Hall–Kier alpha value is -1.49. The van der Waals surface area contributed by atoms with Crippen LogP contribution in [0, 0.1) is 29.6 Å². The molecule has 0 amide bonds. The van der Waals surface area contributed by atoms with Gasteiger partial charge in [0.1, 0.15) is 17.7 Å². The second kappa shape index (κ2) is 5.55. The zero-order chi connectivity index (χ0) is 12.1. The number of nitriles is 2. The van der Waals surface area contributed by atoms with Crippen molar-refractivity contribution in [1.82, 2.24) is 0 Å². The van der Waals surface area contributed by atoms with E-state index in [9.17, 15) is 0 Å². The van der Waals surface area contributed by atoms with E-state index in [2.05, 4.69) is 21.2 Å². The van der Waals surface area contributed by atoms with Crippen LogP contribution in [0.2, 0.25) is 5.02 Å². The lowest BCUT2D eigenvalue weighted by molar-refractivity contribution is 1.40. The molecule has 1 aromatic carbocycles. The molecule has 1 aromatic rings. The molecule has 80 valence electrons. The Morgan fingerprint density at radius 1 is 1.44 bits per heavy atom. The van der Waals surface area contributed by atoms with Crippen LogP contribution < -0.4 is 5.32 Å². The van der Waals surface area contributed by atoms with E-state index >= 15 is 0 Å². The van der Waals surface area contributed by atoms with E-state index in [-0.39, 0.29) is 5.57 Å². The van der Waals surface area contributed by atoms with E-state index in [0.717, 1.165) is 15.7 Å². The fourth-order valence-corrected chi connectivity index (χ4v) is 1.55. The Balaban J connectivity index is 2.98. The van der Waals surface area contributed by atoms with Gasteiger partial charge >= 0.3 is 0 Å². The molecule has 0 aliphatic heterocycles. The van der Waals surface area contributed by atoms with Gasteiger partial charge in [-0.2, -0.15) is 10.5 Å². The van der Waals surface area contributed by atoms with Gasteiger partial charge in [0, 0.05) is 16.4 Å². The third-order valence-electron chi connectivity index (χ3n) is 1.83. The summed E-state index contributed by atoms with van der Waals surface area (Å²) in [7, 11) is 0. The van der Waals surface area contributed by atoms with Gasteiger partial charge in [-0.25, -0.2) is 0 Å². The van der Waals surface area contributed by atoms with Gasteiger partial charge in [0.05, 0.1) is 5.02 Å². The zero-order valence-electron chi connectivity index (χ0n) is 8.38. The van der Waals surface area contributed by atoms with Crippen LogP contribution >= 0.6 is 27.5 Å². The quantitative estimate of drug-likeness (QED) is 0.845. The molecule has 0 aromatic heterocycles. The molecule has 0 saturated heterocycles. The fourth-order valence-electron chi connectivity index (χ4n) is 1.05. The van der Waals surface area contributed by atoms with Crippen molar-refractivity contribution >= 4 is 33.2 Å². The average Bonchev–Trinajstić information content (AvgIpc) is 2.27. The summed E-state index contributed by atoms with van der Waals surface area (Å²) >= 11 is 9.31. The number of allylic oxidation sites excluding steroid dienone is 1. The van der Waals surface area contributed by atoms with E-state index < -0.39 is 0 Å². The number of aryl methyl sites for hydroxylation is 1. The molecule has 0 bridgehead atoms. The molecule has 0 spiro atoms. The number of hydrogen-bond acceptors (Lipinski definition) is 3. The number of halogens is 2. The molecule has 16 heavy (non-hydrogen) atoms. The highest BCUT2D eigenvalue weighted by Crippen LogP contribution is 2.29. The molecule has 0 aliphatic carbocycles. The van der Waals surface area contributed by atoms with Gasteiger partial charge in [0.2, 0.25) is 0 Å². The molecule has 0 fully saturated rings. The average molecular weight is 297 g/mol. The summed E-state index contributed by atoms with van der Waals surface area (Å²) in [4.78, 5) is 0. The zero-order valence-corrected chi connectivity index (χ0v) is 10.7. The first-order chi connectivity index (χ1) is 7.58. The first-order valence-corrected chi connectivity index (χ1v) is 5.48. The maximum atomic E-state index is 8.54. The van der Waals surface area contributed by atoms with Gasteiger partial charge in [-0.05, 0) is 40.5 Å². The van der Waals surface area contributed by atoms with E-state index in [1.165, 1.54) is 6.20 Å². The van der Waals surface area contributed by atoms with Gasteiger partial charge in [0.15, 0.2) is 0 Å². The van der Waals surface area contributed by atoms with Gasteiger partial charge in [0.25, 0.3) is 0 Å². The molecule has 5 heteroatoms. The molecule has 0 heterocycles. The maximum Gasteiger partial charge on any atom is 0.145 e. The topological polar surface area (TPSA) is 59.6 Å². The molecule has 0 aliphatic rings. The number of nitrogens with one attached hydrogen (secondary N) is 1. The second-order valence-electron chi connectivity index (χ2n) is 3.01. The molecule has 0 unspecified atom stereocenters. The van der Waals surface area contributed by atoms with Gasteiger partial charge < -0.3 is 5.32 Å². The molecule has 0 atom stereocenters. The van der Waals surface area contributed by atoms with Crippen LogP contribution in [0.4, 0.5) is 5.69 Å². The first kappa shape index (κ1) is 12.6. The van der Waals surface area contributed by atoms with Crippen molar-refractivity contribution in [3.8, 4) is 12.1 Å². The fraction of sp³-hybridized carbons (Fsp3) is 0.0909. The van der Waals surface area contributed by atoms with E-state index in [1.54, 1.807) is 18.2 Å². The lowest BCUT2D eigenvalue weighted by atomic mass is 10.2. The smallest absolute Gasteiger partial charge is 0.145 e. The van der Waals surface area contributed by atoms with Gasteiger partial charge in [-0.1, -0.05) is 11.6 Å². The Morgan fingerprint density at radius 3 is 2.56 bits per heavy atom. The van der Waals surface area contributed by atoms with Crippen LogP contribution in [0.1, 0.15) is 5.56 Å². The largest absolute Gasteiger partial charge is 0.360 e. The third kappa shape index (κ3) is 3.00. The number of benzene rings is 1.